The summed E-state index contributed by atoms with van der Waals surface area (Å²) in [6, 6.07) is 5.82. The molecular formula is C16H18N4O2S. The van der Waals surface area contributed by atoms with Gasteiger partial charge in [0.15, 0.2) is 5.13 Å². The quantitative estimate of drug-likeness (QED) is 0.904. The molecule has 1 aliphatic rings. The van der Waals surface area contributed by atoms with Crippen molar-refractivity contribution in [2.45, 2.75) is 20.3 Å². The average Bonchev–Trinajstić information content (AvgIpc) is 3.11. The molecule has 0 atom stereocenters. The molecule has 2 heterocycles. The van der Waals surface area contributed by atoms with Crippen LogP contribution in [0, 0.1) is 13.8 Å². The molecule has 0 aliphatic carbocycles. The van der Waals surface area contributed by atoms with Gasteiger partial charge in [-0.25, -0.2) is 9.78 Å². The number of rotatable bonds is 4. The number of anilines is 2. The lowest BCUT2D eigenvalue weighted by atomic mass is 10.1. The molecule has 3 rings (SSSR count). The molecule has 2 N–H and O–H groups in total. The summed E-state index contributed by atoms with van der Waals surface area (Å²) in [6.07, 6.45) is 0.194. The highest BCUT2D eigenvalue weighted by molar-refractivity contribution is 7.14. The number of carbonyl (C=O) groups excluding carboxylic acids is 2. The summed E-state index contributed by atoms with van der Waals surface area (Å²) in [5.74, 6) is -0.110. The van der Waals surface area contributed by atoms with Crippen molar-refractivity contribution in [1.82, 2.24) is 10.3 Å². The van der Waals surface area contributed by atoms with Gasteiger partial charge in [0.1, 0.15) is 0 Å². The normalized spacial score (nSPS) is 14.0. The Kier molecular flexibility index (Phi) is 4.29. The predicted octanol–water partition coefficient (Wildman–Crippen LogP) is 2.47. The second kappa shape index (κ2) is 6.37. The minimum absolute atomic E-state index is 0.110. The number of urea groups is 1. The molecule has 23 heavy (non-hydrogen) atoms. The Morgan fingerprint density at radius 1 is 1.43 bits per heavy atom. The summed E-state index contributed by atoms with van der Waals surface area (Å²) in [5.41, 5.74) is 3.62. The summed E-state index contributed by atoms with van der Waals surface area (Å²) < 4.78 is 0. The lowest BCUT2D eigenvalue weighted by Gasteiger charge is -2.09. The zero-order valence-corrected chi connectivity index (χ0v) is 13.9. The topological polar surface area (TPSA) is 74.3 Å². The molecule has 1 fully saturated rings. The summed E-state index contributed by atoms with van der Waals surface area (Å²) in [6.45, 7) is 5.19. The van der Waals surface area contributed by atoms with Crippen molar-refractivity contribution < 1.29 is 9.59 Å². The number of nitrogens with zero attached hydrogens (tertiary/aromatic N) is 2. The monoisotopic (exact) mass is 330 g/mol. The highest BCUT2D eigenvalue weighted by Crippen LogP contribution is 2.23. The van der Waals surface area contributed by atoms with Crippen LogP contribution < -0.4 is 15.5 Å². The number of aryl methyl sites for hydroxylation is 2. The molecular weight excluding hydrogens is 312 g/mol. The third kappa shape index (κ3) is 3.50. The summed E-state index contributed by atoms with van der Waals surface area (Å²) in [5, 5.41) is 8.11. The molecule has 1 aromatic heterocycles. The number of hydrogen-bond acceptors (Lipinski definition) is 4. The molecule has 2 aromatic rings. The molecule has 6 nitrogen and oxygen atoms in total. The Bertz CT molecular complexity index is 756. The molecule has 1 aromatic carbocycles. The molecule has 0 saturated carbocycles. The third-order valence-corrected chi connectivity index (χ3v) is 4.55. The molecule has 0 radical (unpaired) electrons. The van der Waals surface area contributed by atoms with Crippen molar-refractivity contribution in [3.8, 4) is 0 Å². The number of aromatic nitrogens is 1. The lowest BCUT2D eigenvalue weighted by Crippen LogP contribution is -2.27. The lowest BCUT2D eigenvalue weighted by molar-refractivity contribution is -0.115. The maximum absolute atomic E-state index is 12.2. The van der Waals surface area contributed by atoms with Gasteiger partial charge in [0, 0.05) is 24.2 Å². The smallest absolute Gasteiger partial charge is 0.323 e. The molecule has 0 spiro atoms. The van der Waals surface area contributed by atoms with Gasteiger partial charge in [-0.3, -0.25) is 9.69 Å². The van der Waals surface area contributed by atoms with Crippen LogP contribution in [0.2, 0.25) is 0 Å². The first-order chi connectivity index (χ1) is 11.0. The van der Waals surface area contributed by atoms with E-state index in [2.05, 4.69) is 15.6 Å². The summed E-state index contributed by atoms with van der Waals surface area (Å²) >= 11 is 1.38. The van der Waals surface area contributed by atoms with Gasteiger partial charge in [0.05, 0.1) is 12.1 Å². The Morgan fingerprint density at radius 3 is 3.00 bits per heavy atom. The van der Waals surface area contributed by atoms with Crippen molar-refractivity contribution in [3.63, 3.8) is 0 Å². The van der Waals surface area contributed by atoms with Crippen molar-refractivity contribution >= 4 is 34.1 Å². The number of thiazole rings is 1. The largest absolute Gasteiger partial charge is 0.336 e. The van der Waals surface area contributed by atoms with Crippen LogP contribution in [0.5, 0.6) is 0 Å². The maximum Gasteiger partial charge on any atom is 0.323 e. The van der Waals surface area contributed by atoms with Gasteiger partial charge in [-0.1, -0.05) is 12.1 Å². The molecule has 0 unspecified atom stereocenters. The van der Waals surface area contributed by atoms with Crippen LogP contribution in [-0.4, -0.2) is 30.0 Å². The van der Waals surface area contributed by atoms with E-state index in [0.29, 0.717) is 23.9 Å². The fourth-order valence-electron chi connectivity index (χ4n) is 2.38. The van der Waals surface area contributed by atoms with E-state index in [-0.39, 0.29) is 18.4 Å². The number of hydrogen-bond donors (Lipinski definition) is 2. The van der Waals surface area contributed by atoms with Gasteiger partial charge < -0.3 is 10.6 Å². The first kappa shape index (κ1) is 15.5. The van der Waals surface area contributed by atoms with Crippen LogP contribution in [0.3, 0.4) is 0 Å². The number of benzene rings is 1. The van der Waals surface area contributed by atoms with E-state index < -0.39 is 0 Å². The standard InChI is InChI=1S/C16H18N4O2S/c1-10-3-4-11(2)13(7-10)19-14(21)8-12-9-23-16(18-12)20-6-5-17-15(20)22/h3-4,7,9H,5-6,8H2,1-2H3,(H,17,22)(H,19,21). The van der Waals surface area contributed by atoms with Crippen LogP contribution in [0.15, 0.2) is 23.6 Å². The predicted molar refractivity (Wildman–Crippen MR) is 91.1 cm³/mol. The first-order valence-electron chi connectivity index (χ1n) is 7.40. The fraction of sp³-hybridized carbons (Fsp3) is 0.312. The SMILES string of the molecule is Cc1ccc(C)c(NC(=O)Cc2csc(N3CCNC3=O)n2)c1. The van der Waals surface area contributed by atoms with E-state index in [1.807, 2.05) is 37.4 Å². The molecule has 120 valence electrons. The minimum atomic E-state index is -0.134. The fourth-order valence-corrected chi connectivity index (χ4v) is 3.23. The molecule has 3 amide bonds. The molecule has 1 aliphatic heterocycles. The molecule has 0 bridgehead atoms. The van der Waals surface area contributed by atoms with Crippen LogP contribution in [-0.2, 0) is 11.2 Å². The second-order valence-corrected chi connectivity index (χ2v) is 6.38. The van der Waals surface area contributed by atoms with E-state index in [1.54, 1.807) is 4.90 Å². The van der Waals surface area contributed by atoms with Gasteiger partial charge in [-0.15, -0.1) is 11.3 Å². The number of amides is 3. The Morgan fingerprint density at radius 2 is 2.26 bits per heavy atom. The van der Waals surface area contributed by atoms with Crippen LogP contribution >= 0.6 is 11.3 Å². The van der Waals surface area contributed by atoms with Gasteiger partial charge in [0.2, 0.25) is 5.91 Å². The van der Waals surface area contributed by atoms with Gasteiger partial charge >= 0.3 is 6.03 Å². The third-order valence-electron chi connectivity index (χ3n) is 3.64. The number of nitrogens with one attached hydrogen (secondary N) is 2. The summed E-state index contributed by atoms with van der Waals surface area (Å²) in [7, 11) is 0. The highest BCUT2D eigenvalue weighted by Gasteiger charge is 2.24. The van der Waals surface area contributed by atoms with Crippen molar-refractivity contribution in [2.24, 2.45) is 0 Å². The van der Waals surface area contributed by atoms with Crippen molar-refractivity contribution in [3.05, 3.63) is 40.4 Å². The van der Waals surface area contributed by atoms with E-state index in [9.17, 15) is 9.59 Å². The van der Waals surface area contributed by atoms with Crippen LogP contribution in [0.4, 0.5) is 15.6 Å². The average molecular weight is 330 g/mol. The number of carbonyl (C=O) groups is 2. The van der Waals surface area contributed by atoms with Gasteiger partial charge in [0.25, 0.3) is 0 Å². The van der Waals surface area contributed by atoms with E-state index in [1.165, 1.54) is 11.3 Å². The minimum Gasteiger partial charge on any atom is -0.336 e. The Hall–Kier alpha value is -2.41. The first-order valence-corrected chi connectivity index (χ1v) is 8.28. The van der Waals surface area contributed by atoms with Gasteiger partial charge in [-0.05, 0) is 31.0 Å². The zero-order valence-electron chi connectivity index (χ0n) is 13.0. The second-order valence-electron chi connectivity index (χ2n) is 5.55. The Balaban J connectivity index is 1.65. The van der Waals surface area contributed by atoms with E-state index in [4.69, 9.17) is 0 Å². The Labute approximate surface area is 138 Å². The maximum atomic E-state index is 12.2. The van der Waals surface area contributed by atoms with Crippen molar-refractivity contribution in [2.75, 3.05) is 23.3 Å². The summed E-state index contributed by atoms with van der Waals surface area (Å²) in [4.78, 5) is 29.8. The van der Waals surface area contributed by atoms with Crippen molar-refractivity contribution in [1.29, 1.82) is 0 Å². The molecule has 7 heteroatoms. The zero-order chi connectivity index (χ0) is 16.4. The van der Waals surface area contributed by atoms with E-state index >= 15 is 0 Å². The molecule has 1 saturated heterocycles. The highest BCUT2D eigenvalue weighted by atomic mass is 32.1. The van der Waals surface area contributed by atoms with Crippen LogP contribution in [0.25, 0.3) is 0 Å². The van der Waals surface area contributed by atoms with Crippen LogP contribution in [0.1, 0.15) is 16.8 Å². The van der Waals surface area contributed by atoms with E-state index in [0.717, 1.165) is 16.8 Å². The van der Waals surface area contributed by atoms with Gasteiger partial charge in [-0.2, -0.15) is 0 Å².